The third-order valence-corrected chi connectivity index (χ3v) is 7.30. The van der Waals surface area contributed by atoms with E-state index < -0.39 is 0 Å². The normalized spacial score (nSPS) is 12.6. The highest BCUT2D eigenvalue weighted by Gasteiger charge is 2.23. The van der Waals surface area contributed by atoms with Gasteiger partial charge >= 0.3 is 0 Å². The molecule has 1 aliphatic rings. The number of anilines is 4. The van der Waals surface area contributed by atoms with Gasteiger partial charge in [-0.05, 0) is 60.7 Å². The van der Waals surface area contributed by atoms with Gasteiger partial charge in [0.25, 0.3) is 0 Å². The van der Waals surface area contributed by atoms with E-state index in [1.165, 1.54) is 0 Å². The predicted octanol–water partition coefficient (Wildman–Crippen LogP) is 6.78. The Morgan fingerprint density at radius 3 is 1.21 bits per heavy atom. The van der Waals surface area contributed by atoms with Gasteiger partial charge in [-0.15, -0.1) is 0 Å². The summed E-state index contributed by atoms with van der Waals surface area (Å²) in [7, 11) is 0. The van der Waals surface area contributed by atoms with Crippen LogP contribution in [0.15, 0.2) is 85.5 Å². The molecule has 0 amide bonds. The number of rotatable bonds is 0. The first-order valence-electron chi connectivity index (χ1n) is 12.3. The van der Waals surface area contributed by atoms with Crippen LogP contribution < -0.4 is 10.6 Å². The molecule has 0 radical (unpaired) electrons. The Labute approximate surface area is 214 Å². The lowest BCUT2D eigenvalue weighted by Crippen LogP contribution is -2.09. The summed E-state index contributed by atoms with van der Waals surface area (Å²) in [5.41, 5.74) is 10.4. The minimum Gasteiger partial charge on any atom is -0.351 e. The molecule has 3 aromatic carbocycles. The van der Waals surface area contributed by atoms with Crippen molar-refractivity contribution >= 4 is 88.4 Å². The Morgan fingerprint density at radius 2 is 0.789 bits per heavy atom. The van der Waals surface area contributed by atoms with Crippen molar-refractivity contribution in [2.24, 2.45) is 0 Å². The molecule has 6 heterocycles. The van der Waals surface area contributed by atoms with Gasteiger partial charge in [0, 0.05) is 46.3 Å². The monoisotopic (exact) mass is 488 g/mol. The Morgan fingerprint density at radius 1 is 0.421 bits per heavy atom. The van der Waals surface area contributed by atoms with Gasteiger partial charge in [-0.1, -0.05) is 0 Å². The van der Waals surface area contributed by atoms with E-state index in [0.29, 0.717) is 0 Å². The van der Waals surface area contributed by atoms with Gasteiger partial charge in [0.1, 0.15) is 0 Å². The van der Waals surface area contributed by atoms with Crippen molar-refractivity contribution in [3.05, 3.63) is 85.5 Å². The Hall–Kier alpha value is -5.50. The molecule has 8 aromatic rings. The molecule has 5 aromatic heterocycles. The zero-order valence-corrected chi connectivity index (χ0v) is 19.8. The molecule has 176 valence electrons. The smallest absolute Gasteiger partial charge is 0.0996 e. The van der Waals surface area contributed by atoms with Crippen molar-refractivity contribution in [2.75, 3.05) is 10.6 Å². The summed E-state index contributed by atoms with van der Waals surface area (Å²) >= 11 is 0. The average molecular weight is 489 g/mol. The number of pyridine rings is 4. The van der Waals surface area contributed by atoms with Gasteiger partial charge in [0.2, 0.25) is 0 Å². The first-order valence-corrected chi connectivity index (χ1v) is 12.3. The molecule has 9 rings (SSSR count). The van der Waals surface area contributed by atoms with E-state index in [1.807, 2.05) is 36.4 Å². The molecule has 0 bridgehead atoms. The fourth-order valence-corrected chi connectivity index (χ4v) is 5.65. The quantitative estimate of drug-likeness (QED) is 0.178. The van der Waals surface area contributed by atoms with E-state index in [0.717, 1.165) is 88.4 Å². The summed E-state index contributed by atoms with van der Waals surface area (Å²) in [6.07, 6.45) is 7.19. The van der Waals surface area contributed by atoms with Gasteiger partial charge < -0.3 is 10.6 Å². The van der Waals surface area contributed by atoms with Crippen molar-refractivity contribution in [3.8, 4) is 0 Å². The Balaban J connectivity index is 1.34. The van der Waals surface area contributed by atoms with Crippen LogP contribution in [0.3, 0.4) is 0 Å². The molecule has 1 aliphatic heterocycles. The minimum atomic E-state index is 0.798. The largest absolute Gasteiger partial charge is 0.351 e. The molecule has 0 saturated carbocycles. The van der Waals surface area contributed by atoms with Crippen LogP contribution in [0.4, 0.5) is 22.7 Å². The number of hydrogen-bond donors (Lipinski definition) is 2. The molecule has 38 heavy (non-hydrogen) atoms. The second-order valence-electron chi connectivity index (χ2n) is 9.41. The maximum absolute atomic E-state index is 5.11. The van der Waals surface area contributed by atoms with Gasteiger partial charge in [0.05, 0.1) is 66.9 Å². The standard InChI is InChI=1S/C30H16N8/c1-5-15-23(31-9-1)24-16(6-2-10-32-24)28-27(15)35-19-13-21-22(14-20(19)36-28)38-30-18-8-4-12-34-26(18)25-17(29(30)37-21)7-3-11-33-25/h1-14,35-36H. The van der Waals surface area contributed by atoms with Crippen LogP contribution in [0.1, 0.15) is 0 Å². The first-order chi connectivity index (χ1) is 18.8. The third kappa shape index (κ3) is 2.53. The average Bonchev–Trinajstić information content (AvgIpc) is 2.99. The molecule has 0 aliphatic carbocycles. The molecule has 0 saturated heterocycles. The number of nitrogens with one attached hydrogen (secondary N) is 2. The van der Waals surface area contributed by atoms with Crippen molar-refractivity contribution in [1.82, 2.24) is 29.9 Å². The van der Waals surface area contributed by atoms with Crippen LogP contribution in [-0.2, 0) is 0 Å². The zero-order valence-electron chi connectivity index (χ0n) is 19.8. The fourth-order valence-electron chi connectivity index (χ4n) is 5.65. The number of benzene rings is 3. The fraction of sp³-hybridized carbons (Fsp3) is 0. The highest BCUT2D eigenvalue weighted by atomic mass is 15.1. The number of fused-ring (bicyclic) bond motifs is 14. The molecular formula is C30H16N8. The maximum Gasteiger partial charge on any atom is 0.0996 e. The van der Waals surface area contributed by atoms with E-state index in [2.05, 4.69) is 54.8 Å². The lowest BCUT2D eigenvalue weighted by atomic mass is 10.0. The summed E-state index contributed by atoms with van der Waals surface area (Å²) in [5.74, 6) is 0. The van der Waals surface area contributed by atoms with E-state index >= 15 is 0 Å². The molecule has 2 N–H and O–H groups in total. The van der Waals surface area contributed by atoms with Crippen molar-refractivity contribution in [2.45, 2.75) is 0 Å². The molecule has 0 spiro atoms. The van der Waals surface area contributed by atoms with Crippen molar-refractivity contribution in [3.63, 3.8) is 0 Å². The lowest BCUT2D eigenvalue weighted by molar-refractivity contribution is 1.35. The molecule has 0 atom stereocenters. The molecule has 0 fully saturated rings. The molecule has 8 nitrogen and oxygen atoms in total. The first kappa shape index (κ1) is 19.7. The van der Waals surface area contributed by atoms with E-state index in [4.69, 9.17) is 9.97 Å². The summed E-state index contributed by atoms with van der Waals surface area (Å²) in [6, 6.07) is 20.1. The second-order valence-corrected chi connectivity index (χ2v) is 9.41. The number of hydrogen-bond acceptors (Lipinski definition) is 8. The van der Waals surface area contributed by atoms with Crippen LogP contribution in [0.25, 0.3) is 65.7 Å². The SMILES string of the molecule is c1cnc2c(c1)c1c(c3cccnc32)Nc2cc3nc4c5cccnc5c5ncccc5c4nc3cc2N1. The van der Waals surface area contributed by atoms with E-state index in [1.54, 1.807) is 24.8 Å². The highest BCUT2D eigenvalue weighted by molar-refractivity contribution is 6.23. The summed E-state index contributed by atoms with van der Waals surface area (Å²) in [6.45, 7) is 0. The second kappa shape index (κ2) is 7.04. The van der Waals surface area contributed by atoms with Gasteiger partial charge in [-0.3, -0.25) is 19.9 Å². The van der Waals surface area contributed by atoms with Gasteiger partial charge in [-0.25, -0.2) is 9.97 Å². The lowest BCUT2D eigenvalue weighted by Gasteiger charge is -2.26. The molecule has 8 heteroatoms. The molecule has 0 unspecified atom stereocenters. The van der Waals surface area contributed by atoms with Crippen LogP contribution in [0, 0.1) is 0 Å². The van der Waals surface area contributed by atoms with E-state index in [-0.39, 0.29) is 0 Å². The van der Waals surface area contributed by atoms with Crippen LogP contribution in [0.5, 0.6) is 0 Å². The predicted molar refractivity (Wildman–Crippen MR) is 151 cm³/mol. The number of aromatic nitrogens is 6. The Kier molecular flexibility index (Phi) is 3.64. The van der Waals surface area contributed by atoms with Crippen molar-refractivity contribution in [1.29, 1.82) is 0 Å². The summed E-state index contributed by atoms with van der Waals surface area (Å²) in [5, 5.41) is 11.2. The maximum atomic E-state index is 5.11. The third-order valence-electron chi connectivity index (χ3n) is 7.30. The Bertz CT molecular complexity index is 2150. The van der Waals surface area contributed by atoms with E-state index in [9.17, 15) is 0 Å². The van der Waals surface area contributed by atoms with Crippen LogP contribution in [-0.4, -0.2) is 29.9 Å². The zero-order chi connectivity index (χ0) is 24.8. The van der Waals surface area contributed by atoms with Crippen molar-refractivity contribution < 1.29 is 0 Å². The topological polar surface area (TPSA) is 101 Å². The molecular weight excluding hydrogens is 472 g/mol. The highest BCUT2D eigenvalue weighted by Crippen LogP contribution is 2.47. The summed E-state index contributed by atoms with van der Waals surface area (Å²) in [4.78, 5) is 28.8. The number of nitrogens with zero attached hydrogens (tertiary/aromatic N) is 6. The van der Waals surface area contributed by atoms with Crippen LogP contribution >= 0.6 is 0 Å². The van der Waals surface area contributed by atoms with Gasteiger partial charge in [-0.2, -0.15) is 0 Å². The van der Waals surface area contributed by atoms with Gasteiger partial charge in [0.15, 0.2) is 0 Å². The van der Waals surface area contributed by atoms with Crippen LogP contribution in [0.2, 0.25) is 0 Å². The minimum absolute atomic E-state index is 0.798. The summed E-state index contributed by atoms with van der Waals surface area (Å²) < 4.78 is 0.